The Kier molecular flexibility index (Phi) is 8.02. The Bertz CT molecular complexity index is 1100. The fourth-order valence-electron chi connectivity index (χ4n) is 4.66. The molecule has 1 aliphatic rings. The fourth-order valence-corrected chi connectivity index (χ4v) is 4.78. The summed E-state index contributed by atoms with van der Waals surface area (Å²) in [5, 5.41) is 15.0. The number of Topliss-reactive ketones (excluding diaryl/α,β-unsaturated/α-hetero) is 1. The normalized spacial score (nSPS) is 20.4. The van der Waals surface area contributed by atoms with E-state index in [-0.39, 0.29) is 29.7 Å². The lowest BCUT2D eigenvalue weighted by atomic mass is 9.66. The Hall–Kier alpha value is -2.77. The Balaban J connectivity index is 1.76. The molecular weight excluding hydrogens is 466 g/mol. The van der Waals surface area contributed by atoms with Gasteiger partial charge in [0.25, 0.3) is 5.91 Å². The third-order valence-electron chi connectivity index (χ3n) is 6.77. The van der Waals surface area contributed by atoms with E-state index in [0.717, 1.165) is 5.56 Å². The highest BCUT2D eigenvalue weighted by Crippen LogP contribution is 2.46. The first-order valence-corrected chi connectivity index (χ1v) is 12.3. The van der Waals surface area contributed by atoms with Crippen molar-refractivity contribution in [2.75, 3.05) is 13.1 Å². The van der Waals surface area contributed by atoms with Gasteiger partial charge in [0.15, 0.2) is 0 Å². The minimum absolute atomic E-state index is 0.0448. The van der Waals surface area contributed by atoms with Crippen LogP contribution < -0.4 is 5.32 Å². The topological polar surface area (TPSA) is 99.6 Å². The highest BCUT2D eigenvalue weighted by atomic mass is 35.5. The van der Waals surface area contributed by atoms with Gasteiger partial charge in [-0.05, 0) is 49.1 Å². The van der Waals surface area contributed by atoms with Crippen LogP contribution in [-0.4, -0.2) is 51.7 Å². The number of hydrogen-bond donors (Lipinski definition) is 2. The summed E-state index contributed by atoms with van der Waals surface area (Å²) < 4.78 is 0. The molecule has 2 N–H and O–H groups in total. The maximum absolute atomic E-state index is 13.5. The number of rotatable bonds is 7. The van der Waals surface area contributed by atoms with Crippen LogP contribution in [0.2, 0.25) is 5.02 Å². The number of nitrogens with one attached hydrogen (secondary N) is 1. The van der Waals surface area contributed by atoms with Gasteiger partial charge in [0.1, 0.15) is 17.5 Å². The lowest BCUT2D eigenvalue weighted by Crippen LogP contribution is -2.60. The quantitative estimate of drug-likeness (QED) is 0.604. The largest absolute Gasteiger partial charge is 0.384 e. The van der Waals surface area contributed by atoms with Crippen molar-refractivity contribution in [2.24, 2.45) is 11.3 Å². The van der Waals surface area contributed by atoms with E-state index in [4.69, 9.17) is 11.6 Å². The number of pyridine rings is 1. The van der Waals surface area contributed by atoms with E-state index < -0.39 is 23.0 Å². The summed E-state index contributed by atoms with van der Waals surface area (Å²) in [5.41, 5.74) is -0.311. The summed E-state index contributed by atoms with van der Waals surface area (Å²) in [6.07, 6.45) is 0.508. The summed E-state index contributed by atoms with van der Waals surface area (Å²) in [4.78, 5) is 43.9. The summed E-state index contributed by atoms with van der Waals surface area (Å²) in [6.45, 7) is 9.78. The van der Waals surface area contributed by atoms with Gasteiger partial charge in [-0.2, -0.15) is 0 Å². The van der Waals surface area contributed by atoms with Crippen LogP contribution in [0, 0.1) is 11.3 Å². The first-order valence-electron chi connectivity index (χ1n) is 11.9. The number of hydrogen-bond acceptors (Lipinski definition) is 5. The van der Waals surface area contributed by atoms with E-state index >= 15 is 0 Å². The van der Waals surface area contributed by atoms with E-state index in [0.29, 0.717) is 30.2 Å². The van der Waals surface area contributed by atoms with Crippen LogP contribution in [0.1, 0.15) is 62.8 Å². The molecule has 0 aliphatic carbocycles. The van der Waals surface area contributed by atoms with E-state index in [1.165, 1.54) is 6.92 Å². The second-order valence-corrected chi connectivity index (χ2v) is 10.8. The van der Waals surface area contributed by atoms with Crippen molar-refractivity contribution >= 4 is 29.2 Å². The van der Waals surface area contributed by atoms with Crippen molar-refractivity contribution in [1.29, 1.82) is 0 Å². The highest BCUT2D eigenvalue weighted by molar-refractivity contribution is 6.30. The number of piperidine rings is 1. The Morgan fingerprint density at radius 3 is 2.37 bits per heavy atom. The van der Waals surface area contributed by atoms with Gasteiger partial charge in [-0.15, -0.1) is 0 Å². The monoisotopic (exact) mass is 499 g/mol. The molecule has 0 saturated carbocycles. The van der Waals surface area contributed by atoms with Crippen LogP contribution in [-0.2, 0) is 21.6 Å². The van der Waals surface area contributed by atoms with Gasteiger partial charge in [0, 0.05) is 35.6 Å². The smallest absolute Gasteiger partial charge is 0.270 e. The molecule has 2 heterocycles. The maximum atomic E-state index is 13.5. The number of aliphatic hydroxyl groups is 1. The minimum atomic E-state index is -1.12. The lowest BCUT2D eigenvalue weighted by Gasteiger charge is -2.51. The molecule has 8 heteroatoms. The molecule has 0 spiro atoms. The van der Waals surface area contributed by atoms with E-state index in [2.05, 4.69) is 10.3 Å². The zero-order chi connectivity index (χ0) is 26.0. The van der Waals surface area contributed by atoms with Gasteiger partial charge in [0.05, 0.1) is 5.60 Å². The van der Waals surface area contributed by atoms with Crippen LogP contribution in [0.4, 0.5) is 0 Å². The number of likely N-dealkylation sites (tertiary alicyclic amines) is 1. The molecule has 1 fully saturated rings. The summed E-state index contributed by atoms with van der Waals surface area (Å²) >= 11 is 6.02. The van der Waals surface area contributed by atoms with Crippen LogP contribution in [0.25, 0.3) is 0 Å². The number of carbonyl (C=O) groups excluding carboxylic acids is 3. The van der Waals surface area contributed by atoms with Gasteiger partial charge >= 0.3 is 0 Å². The average Bonchev–Trinajstić information content (AvgIpc) is 2.78. The predicted molar refractivity (Wildman–Crippen MR) is 135 cm³/mol. The molecule has 1 aliphatic heterocycles. The van der Waals surface area contributed by atoms with E-state index in [1.54, 1.807) is 35.2 Å². The second kappa shape index (κ2) is 10.5. The minimum Gasteiger partial charge on any atom is -0.384 e. The lowest BCUT2D eigenvalue weighted by molar-refractivity contribution is -0.155. The SMILES string of the molecule is CC(=O)Cc1cccc(C(=O)N[C@@H](C(=O)N2CC[C@](O)(c3ccc(Cl)cc3)C(C)(C)C2)C(C)C)n1. The molecule has 3 rings (SSSR count). The number of aromatic nitrogens is 1. The molecule has 2 aromatic rings. The van der Waals surface area contributed by atoms with Crippen molar-refractivity contribution < 1.29 is 19.5 Å². The van der Waals surface area contributed by atoms with E-state index in [9.17, 15) is 19.5 Å². The first kappa shape index (κ1) is 26.8. The zero-order valence-electron chi connectivity index (χ0n) is 21.0. The molecule has 35 heavy (non-hydrogen) atoms. The van der Waals surface area contributed by atoms with Gasteiger partial charge < -0.3 is 15.3 Å². The molecule has 0 bridgehead atoms. The van der Waals surface area contributed by atoms with Crippen LogP contribution in [0.15, 0.2) is 42.5 Å². The number of carbonyl (C=O) groups is 3. The van der Waals surface area contributed by atoms with Gasteiger partial charge in [-0.25, -0.2) is 4.98 Å². The molecule has 0 radical (unpaired) electrons. The molecule has 1 saturated heterocycles. The third-order valence-corrected chi connectivity index (χ3v) is 7.02. The van der Waals surface area contributed by atoms with Gasteiger partial charge in [-0.3, -0.25) is 14.4 Å². The van der Waals surface area contributed by atoms with Gasteiger partial charge in [0.2, 0.25) is 5.91 Å². The standard InChI is InChI=1S/C27H34ClN3O4/c1-17(2)23(30-24(33)22-8-6-7-21(29-22)15-18(3)32)25(34)31-14-13-27(35,26(4,5)16-31)19-9-11-20(28)12-10-19/h6-12,17,23,35H,13-16H2,1-5H3,(H,30,33)/t23-,27+/m1/s1. The van der Waals surface area contributed by atoms with E-state index in [1.807, 2.05) is 39.8 Å². The molecule has 2 amide bonds. The average molecular weight is 500 g/mol. The van der Waals surface area contributed by atoms with Crippen LogP contribution >= 0.6 is 11.6 Å². The molecular formula is C27H34ClN3O4. The van der Waals surface area contributed by atoms with Crippen molar-refractivity contribution in [3.8, 4) is 0 Å². The molecule has 1 aromatic heterocycles. The molecule has 7 nitrogen and oxygen atoms in total. The number of nitrogens with zero attached hydrogens (tertiary/aromatic N) is 2. The van der Waals surface area contributed by atoms with Gasteiger partial charge in [-0.1, -0.05) is 57.5 Å². The summed E-state index contributed by atoms with van der Waals surface area (Å²) in [7, 11) is 0. The molecule has 188 valence electrons. The van der Waals surface area contributed by atoms with Crippen molar-refractivity contribution in [2.45, 2.75) is 59.1 Å². The Morgan fingerprint density at radius 1 is 1.14 bits per heavy atom. The number of amides is 2. The predicted octanol–water partition coefficient (Wildman–Crippen LogP) is 3.77. The second-order valence-electron chi connectivity index (χ2n) is 10.3. The first-order chi connectivity index (χ1) is 16.3. The summed E-state index contributed by atoms with van der Waals surface area (Å²) in [5.74, 6) is -0.862. The maximum Gasteiger partial charge on any atom is 0.270 e. The molecule has 1 aromatic carbocycles. The highest BCUT2D eigenvalue weighted by Gasteiger charge is 2.50. The molecule has 0 unspecified atom stereocenters. The fraction of sp³-hybridized carbons (Fsp3) is 0.481. The van der Waals surface area contributed by atoms with Crippen molar-refractivity contribution in [3.05, 3.63) is 64.4 Å². The number of halogens is 1. The van der Waals surface area contributed by atoms with Crippen molar-refractivity contribution in [1.82, 2.24) is 15.2 Å². The Labute approximate surface area is 211 Å². The third kappa shape index (κ3) is 5.90. The zero-order valence-corrected chi connectivity index (χ0v) is 21.7. The van der Waals surface area contributed by atoms with Crippen LogP contribution in [0.5, 0.6) is 0 Å². The van der Waals surface area contributed by atoms with Crippen LogP contribution in [0.3, 0.4) is 0 Å². The molecule has 2 atom stereocenters. The Morgan fingerprint density at radius 2 is 1.80 bits per heavy atom. The number of benzene rings is 1. The van der Waals surface area contributed by atoms with Crippen molar-refractivity contribution in [3.63, 3.8) is 0 Å². The number of ketones is 1. The summed E-state index contributed by atoms with van der Waals surface area (Å²) in [6, 6.07) is 11.4.